The van der Waals surface area contributed by atoms with Crippen LogP contribution < -0.4 is 14.4 Å². The fourth-order valence-corrected chi connectivity index (χ4v) is 4.54. The minimum absolute atomic E-state index is 0.0888. The zero-order valence-corrected chi connectivity index (χ0v) is 16.0. The number of anilines is 1. The molecule has 26 heavy (non-hydrogen) atoms. The number of halogens is 1. The van der Waals surface area contributed by atoms with Crippen LogP contribution in [0.2, 0.25) is 5.02 Å². The van der Waals surface area contributed by atoms with Crippen molar-refractivity contribution in [2.45, 2.75) is 24.3 Å². The molecule has 1 saturated heterocycles. The van der Waals surface area contributed by atoms with Crippen molar-refractivity contribution in [2.24, 2.45) is 0 Å². The Morgan fingerprint density at radius 1 is 1.19 bits per heavy atom. The third-order valence-electron chi connectivity index (χ3n) is 4.26. The van der Waals surface area contributed by atoms with Gasteiger partial charge < -0.3 is 9.64 Å². The number of rotatable bonds is 5. The normalized spacial score (nSPS) is 17.6. The van der Waals surface area contributed by atoms with Gasteiger partial charge in [-0.25, -0.2) is 8.42 Å². The maximum Gasteiger partial charge on any atom is 0.245 e. The fraction of sp³-hybridized carbons (Fsp3) is 0.278. The first kappa shape index (κ1) is 18.7. The largest absolute Gasteiger partial charge is 0.495 e. The SMILES string of the molecule is COc1ccc(Cl)cc1S(=O)(=O)N[C@H]1CCN(c2ccc(C)cc2)C1=O. The molecule has 8 heteroatoms. The molecular formula is C18H19ClN2O4S. The Hall–Kier alpha value is -2.09. The number of sulfonamides is 1. The van der Waals surface area contributed by atoms with Crippen LogP contribution in [0, 0.1) is 6.92 Å². The molecule has 2 aromatic rings. The molecule has 2 aromatic carbocycles. The molecular weight excluding hydrogens is 376 g/mol. The Kier molecular flexibility index (Phi) is 5.22. The summed E-state index contributed by atoms with van der Waals surface area (Å²) in [4.78, 5) is 14.2. The Balaban J connectivity index is 1.82. The molecule has 1 atom stereocenters. The van der Waals surface area contributed by atoms with E-state index in [2.05, 4.69) is 4.72 Å². The molecule has 0 aliphatic carbocycles. The molecule has 0 aromatic heterocycles. The standard InChI is InChI=1S/C18H19ClN2O4S/c1-12-3-6-14(7-4-12)21-10-9-15(18(21)22)20-26(23,24)17-11-13(19)5-8-16(17)25-2/h3-8,11,15,20H,9-10H2,1-2H3/t15-/m0/s1. The van der Waals surface area contributed by atoms with Crippen molar-refractivity contribution >= 4 is 33.2 Å². The lowest BCUT2D eigenvalue weighted by atomic mass is 10.2. The van der Waals surface area contributed by atoms with E-state index in [4.69, 9.17) is 16.3 Å². The van der Waals surface area contributed by atoms with Crippen molar-refractivity contribution in [2.75, 3.05) is 18.6 Å². The summed E-state index contributed by atoms with van der Waals surface area (Å²) >= 11 is 5.92. The summed E-state index contributed by atoms with van der Waals surface area (Å²) in [5.74, 6) is -0.110. The van der Waals surface area contributed by atoms with E-state index in [0.717, 1.165) is 11.3 Å². The average Bonchev–Trinajstić information content (AvgIpc) is 2.96. The lowest BCUT2D eigenvalue weighted by molar-refractivity contribution is -0.118. The van der Waals surface area contributed by atoms with Crippen LogP contribution in [0.4, 0.5) is 5.69 Å². The second kappa shape index (κ2) is 7.26. The van der Waals surface area contributed by atoms with E-state index in [1.165, 1.54) is 19.2 Å². The number of nitrogens with zero attached hydrogens (tertiary/aromatic N) is 1. The zero-order chi connectivity index (χ0) is 18.9. The summed E-state index contributed by atoms with van der Waals surface area (Å²) in [6, 6.07) is 11.0. The average molecular weight is 395 g/mol. The molecule has 1 heterocycles. The van der Waals surface area contributed by atoms with Crippen LogP contribution in [-0.2, 0) is 14.8 Å². The quantitative estimate of drug-likeness (QED) is 0.846. The molecule has 1 amide bonds. The third kappa shape index (κ3) is 3.70. The predicted molar refractivity (Wildman–Crippen MR) is 100 cm³/mol. The van der Waals surface area contributed by atoms with Gasteiger partial charge in [-0.05, 0) is 43.7 Å². The highest BCUT2D eigenvalue weighted by Crippen LogP contribution is 2.28. The first-order chi connectivity index (χ1) is 12.3. The number of methoxy groups -OCH3 is 1. The number of benzene rings is 2. The molecule has 138 valence electrons. The predicted octanol–water partition coefficient (Wildman–Crippen LogP) is 2.74. The molecule has 1 N–H and O–H groups in total. The van der Waals surface area contributed by atoms with Gasteiger partial charge in [0.1, 0.15) is 16.7 Å². The molecule has 0 unspecified atom stereocenters. The summed E-state index contributed by atoms with van der Waals surface area (Å²) in [7, 11) is -2.58. The summed E-state index contributed by atoms with van der Waals surface area (Å²) in [5, 5.41) is 0.269. The van der Waals surface area contributed by atoms with Crippen molar-refractivity contribution in [1.29, 1.82) is 0 Å². The Labute approximate surface area is 157 Å². The van der Waals surface area contributed by atoms with Gasteiger partial charge in [0, 0.05) is 17.3 Å². The van der Waals surface area contributed by atoms with Gasteiger partial charge in [0.2, 0.25) is 15.9 Å². The number of aryl methyl sites for hydroxylation is 1. The van der Waals surface area contributed by atoms with Crippen LogP contribution >= 0.6 is 11.6 Å². The van der Waals surface area contributed by atoms with E-state index in [1.807, 2.05) is 31.2 Å². The van der Waals surface area contributed by atoms with Crippen molar-refractivity contribution in [3.05, 3.63) is 53.1 Å². The highest BCUT2D eigenvalue weighted by atomic mass is 35.5. The first-order valence-corrected chi connectivity index (χ1v) is 9.92. The first-order valence-electron chi connectivity index (χ1n) is 8.06. The molecule has 3 rings (SSSR count). The van der Waals surface area contributed by atoms with Gasteiger partial charge in [-0.3, -0.25) is 4.79 Å². The van der Waals surface area contributed by atoms with Crippen LogP contribution in [0.25, 0.3) is 0 Å². The van der Waals surface area contributed by atoms with Crippen molar-refractivity contribution < 1.29 is 17.9 Å². The minimum Gasteiger partial charge on any atom is -0.495 e. The van der Waals surface area contributed by atoms with Gasteiger partial charge in [0.25, 0.3) is 0 Å². The lowest BCUT2D eigenvalue weighted by Gasteiger charge is -2.18. The number of carbonyl (C=O) groups excluding carboxylic acids is 1. The monoisotopic (exact) mass is 394 g/mol. The second-order valence-electron chi connectivity index (χ2n) is 6.08. The fourth-order valence-electron chi connectivity index (χ4n) is 2.88. The summed E-state index contributed by atoms with van der Waals surface area (Å²) < 4.78 is 33.0. The Bertz CT molecular complexity index is 929. The molecule has 0 saturated carbocycles. The number of carbonyl (C=O) groups is 1. The second-order valence-corrected chi connectivity index (χ2v) is 8.20. The van der Waals surface area contributed by atoms with Gasteiger partial charge in [-0.15, -0.1) is 0 Å². The molecule has 1 fully saturated rings. The van der Waals surface area contributed by atoms with Crippen LogP contribution in [0.3, 0.4) is 0 Å². The number of amides is 1. The van der Waals surface area contributed by atoms with Crippen molar-refractivity contribution in [1.82, 2.24) is 4.72 Å². The third-order valence-corrected chi connectivity index (χ3v) is 5.99. The van der Waals surface area contributed by atoms with Crippen molar-refractivity contribution in [3.8, 4) is 5.75 Å². The van der Waals surface area contributed by atoms with Gasteiger partial charge in [-0.2, -0.15) is 4.72 Å². The molecule has 0 bridgehead atoms. The number of nitrogens with one attached hydrogen (secondary N) is 1. The molecule has 1 aliphatic heterocycles. The highest BCUT2D eigenvalue weighted by Gasteiger charge is 2.36. The summed E-state index contributed by atoms with van der Waals surface area (Å²) in [5.41, 5.74) is 1.84. The van der Waals surface area contributed by atoms with Crippen LogP contribution in [-0.4, -0.2) is 34.0 Å². The number of hydrogen-bond acceptors (Lipinski definition) is 4. The van der Waals surface area contributed by atoms with E-state index in [1.54, 1.807) is 11.0 Å². The summed E-state index contributed by atoms with van der Waals surface area (Å²) in [6.45, 7) is 2.41. The number of ether oxygens (including phenoxy) is 1. The topological polar surface area (TPSA) is 75.7 Å². The van der Waals surface area contributed by atoms with Crippen LogP contribution in [0.1, 0.15) is 12.0 Å². The molecule has 0 radical (unpaired) electrons. The Morgan fingerprint density at radius 3 is 2.54 bits per heavy atom. The van der Waals surface area contributed by atoms with E-state index >= 15 is 0 Å². The number of hydrogen-bond donors (Lipinski definition) is 1. The highest BCUT2D eigenvalue weighted by molar-refractivity contribution is 7.89. The van der Waals surface area contributed by atoms with Gasteiger partial charge in [0.05, 0.1) is 7.11 Å². The summed E-state index contributed by atoms with van der Waals surface area (Å²) in [6.07, 6.45) is 0.384. The van der Waals surface area contributed by atoms with Crippen LogP contribution in [0.5, 0.6) is 5.75 Å². The van der Waals surface area contributed by atoms with E-state index in [-0.39, 0.29) is 21.6 Å². The maximum atomic E-state index is 12.7. The van der Waals surface area contributed by atoms with Gasteiger partial charge >= 0.3 is 0 Å². The molecule has 6 nitrogen and oxygen atoms in total. The van der Waals surface area contributed by atoms with Crippen molar-refractivity contribution in [3.63, 3.8) is 0 Å². The Morgan fingerprint density at radius 2 is 1.88 bits per heavy atom. The van der Waals surface area contributed by atoms with Crippen LogP contribution in [0.15, 0.2) is 47.4 Å². The maximum absolute atomic E-state index is 12.7. The molecule has 0 spiro atoms. The minimum atomic E-state index is -3.96. The van der Waals surface area contributed by atoms with E-state index < -0.39 is 16.1 Å². The van der Waals surface area contributed by atoms with Gasteiger partial charge in [-0.1, -0.05) is 29.3 Å². The van der Waals surface area contributed by atoms with E-state index in [9.17, 15) is 13.2 Å². The molecule has 1 aliphatic rings. The van der Waals surface area contributed by atoms with Gasteiger partial charge in [0.15, 0.2) is 0 Å². The zero-order valence-electron chi connectivity index (χ0n) is 14.4. The van der Waals surface area contributed by atoms with E-state index in [0.29, 0.717) is 13.0 Å². The lowest BCUT2D eigenvalue weighted by Crippen LogP contribution is -2.41. The smallest absolute Gasteiger partial charge is 0.245 e.